The van der Waals surface area contributed by atoms with Crippen LogP contribution in [0.4, 0.5) is 13.2 Å². The molecule has 1 aliphatic heterocycles. The van der Waals surface area contributed by atoms with Gasteiger partial charge in [0, 0.05) is 43.8 Å². The number of rotatable bonds is 3. The number of carbonyl (C=O) groups is 1. The van der Waals surface area contributed by atoms with Gasteiger partial charge in [0.2, 0.25) is 5.91 Å². The molecule has 0 saturated carbocycles. The fourth-order valence-corrected chi connectivity index (χ4v) is 3.75. The first-order valence-corrected chi connectivity index (χ1v) is 9.11. The van der Waals surface area contributed by atoms with E-state index < -0.39 is 11.9 Å². The predicted octanol–water partition coefficient (Wildman–Crippen LogP) is 3.19. The van der Waals surface area contributed by atoms with Crippen LogP contribution in [0.3, 0.4) is 0 Å². The van der Waals surface area contributed by atoms with Crippen LogP contribution < -0.4 is 0 Å². The van der Waals surface area contributed by atoms with E-state index in [1.165, 1.54) is 4.57 Å². The molecule has 1 aromatic carbocycles. The number of hydrogen-bond acceptors (Lipinski definition) is 3. The number of aryl methyl sites for hydroxylation is 1. The van der Waals surface area contributed by atoms with Crippen LogP contribution in [-0.4, -0.2) is 43.2 Å². The molecule has 1 fully saturated rings. The summed E-state index contributed by atoms with van der Waals surface area (Å²) >= 11 is 0. The Morgan fingerprint density at radius 1 is 1.25 bits per heavy atom. The quantitative estimate of drug-likeness (QED) is 0.689. The van der Waals surface area contributed by atoms with E-state index in [0.29, 0.717) is 25.3 Å². The number of amides is 1. The minimum Gasteiger partial charge on any atom is -0.340 e. The number of alkyl halides is 3. The van der Waals surface area contributed by atoms with E-state index in [1.807, 2.05) is 30.5 Å². The Hall–Kier alpha value is -2.84. The lowest BCUT2D eigenvalue weighted by atomic mass is 9.97. The first-order valence-electron chi connectivity index (χ1n) is 9.11. The van der Waals surface area contributed by atoms with Gasteiger partial charge >= 0.3 is 6.18 Å². The van der Waals surface area contributed by atoms with Crippen molar-refractivity contribution in [2.75, 3.05) is 13.1 Å². The van der Waals surface area contributed by atoms with E-state index in [0.717, 1.165) is 23.5 Å². The highest BCUT2D eigenvalue weighted by atomic mass is 19.4. The van der Waals surface area contributed by atoms with Gasteiger partial charge in [-0.15, -0.1) is 0 Å². The average molecular weight is 391 g/mol. The van der Waals surface area contributed by atoms with Gasteiger partial charge < -0.3 is 9.47 Å². The standard InChI is InChI=1S/C19H20F3N5O/c1-25-11-16(19(20,21)22)23-18(25)14-6-4-8-26(9-14)17(28)12-27-10-13-5-2-3-7-15(13)24-27/h2-3,5,7,10-11,14H,4,6,8-9,12H2,1H3. The highest BCUT2D eigenvalue weighted by Crippen LogP contribution is 2.32. The summed E-state index contributed by atoms with van der Waals surface area (Å²) in [7, 11) is 1.56. The summed E-state index contributed by atoms with van der Waals surface area (Å²) in [4.78, 5) is 18.2. The molecule has 0 aliphatic carbocycles. The van der Waals surface area contributed by atoms with Gasteiger partial charge in [0.15, 0.2) is 5.69 Å². The molecule has 3 aromatic rings. The van der Waals surface area contributed by atoms with E-state index in [-0.39, 0.29) is 18.4 Å². The molecule has 1 amide bonds. The number of carbonyl (C=O) groups excluding carboxylic acids is 1. The Morgan fingerprint density at radius 3 is 2.75 bits per heavy atom. The largest absolute Gasteiger partial charge is 0.434 e. The molecular formula is C19H20F3N5O. The number of likely N-dealkylation sites (tertiary alicyclic amines) is 1. The van der Waals surface area contributed by atoms with E-state index in [2.05, 4.69) is 10.1 Å². The van der Waals surface area contributed by atoms with Crippen molar-refractivity contribution in [2.45, 2.75) is 31.5 Å². The van der Waals surface area contributed by atoms with Crippen molar-refractivity contribution in [3.05, 3.63) is 48.2 Å². The number of benzene rings is 1. The molecule has 0 radical (unpaired) electrons. The molecule has 4 rings (SSSR count). The lowest BCUT2D eigenvalue weighted by Crippen LogP contribution is -2.41. The number of aromatic nitrogens is 4. The van der Waals surface area contributed by atoms with Crippen LogP contribution >= 0.6 is 0 Å². The van der Waals surface area contributed by atoms with Crippen LogP contribution in [0.15, 0.2) is 36.7 Å². The Kier molecular flexibility index (Phi) is 4.60. The summed E-state index contributed by atoms with van der Waals surface area (Å²) < 4.78 is 41.8. The highest BCUT2D eigenvalue weighted by molar-refractivity contribution is 5.80. The molecule has 1 saturated heterocycles. The summed E-state index contributed by atoms with van der Waals surface area (Å²) in [5.74, 6) is 0.0629. The maximum Gasteiger partial charge on any atom is 0.434 e. The molecule has 2 aromatic heterocycles. The molecule has 6 nitrogen and oxygen atoms in total. The van der Waals surface area contributed by atoms with Gasteiger partial charge in [-0.25, -0.2) is 4.98 Å². The van der Waals surface area contributed by atoms with Gasteiger partial charge in [-0.3, -0.25) is 9.48 Å². The summed E-state index contributed by atoms with van der Waals surface area (Å²) in [5.41, 5.74) is -0.0730. The first kappa shape index (κ1) is 18.5. The summed E-state index contributed by atoms with van der Waals surface area (Å²) in [6.07, 6.45) is -0.208. The van der Waals surface area contributed by atoms with Gasteiger partial charge in [0.1, 0.15) is 12.4 Å². The molecule has 3 heterocycles. The third kappa shape index (κ3) is 3.61. The molecule has 1 aliphatic rings. The molecule has 1 atom stereocenters. The van der Waals surface area contributed by atoms with Gasteiger partial charge in [0.25, 0.3) is 0 Å². The van der Waals surface area contributed by atoms with Gasteiger partial charge in [0.05, 0.1) is 5.52 Å². The minimum atomic E-state index is -4.47. The fraction of sp³-hybridized carbons (Fsp3) is 0.421. The third-order valence-electron chi connectivity index (χ3n) is 5.10. The van der Waals surface area contributed by atoms with Crippen molar-refractivity contribution >= 4 is 16.8 Å². The minimum absolute atomic E-state index is 0.0947. The molecular weight excluding hydrogens is 371 g/mol. The maximum atomic E-state index is 12.9. The lowest BCUT2D eigenvalue weighted by Gasteiger charge is -2.32. The summed E-state index contributed by atoms with van der Waals surface area (Å²) in [5, 5.41) is 5.35. The van der Waals surface area contributed by atoms with Crippen molar-refractivity contribution in [3.63, 3.8) is 0 Å². The Labute approximate surface area is 159 Å². The van der Waals surface area contributed by atoms with Crippen molar-refractivity contribution in [2.24, 2.45) is 7.05 Å². The number of piperidine rings is 1. The van der Waals surface area contributed by atoms with E-state index >= 15 is 0 Å². The molecule has 0 N–H and O–H groups in total. The number of nitrogens with zero attached hydrogens (tertiary/aromatic N) is 5. The second-order valence-corrected chi connectivity index (χ2v) is 7.16. The molecule has 0 spiro atoms. The number of fused-ring (bicyclic) bond motifs is 1. The van der Waals surface area contributed by atoms with Crippen LogP contribution in [0.2, 0.25) is 0 Å². The molecule has 9 heteroatoms. The molecule has 28 heavy (non-hydrogen) atoms. The Balaban J connectivity index is 1.47. The van der Waals surface area contributed by atoms with E-state index in [4.69, 9.17) is 0 Å². The van der Waals surface area contributed by atoms with Crippen LogP contribution in [0.25, 0.3) is 10.9 Å². The molecule has 1 unspecified atom stereocenters. The zero-order valence-electron chi connectivity index (χ0n) is 15.4. The normalized spacial score (nSPS) is 18.0. The van der Waals surface area contributed by atoms with E-state index in [1.54, 1.807) is 16.6 Å². The predicted molar refractivity (Wildman–Crippen MR) is 96.5 cm³/mol. The highest BCUT2D eigenvalue weighted by Gasteiger charge is 2.36. The van der Waals surface area contributed by atoms with Crippen molar-refractivity contribution in [3.8, 4) is 0 Å². The van der Waals surface area contributed by atoms with Crippen LogP contribution in [0, 0.1) is 0 Å². The zero-order valence-corrected chi connectivity index (χ0v) is 15.4. The van der Waals surface area contributed by atoms with Gasteiger partial charge in [-0.1, -0.05) is 18.2 Å². The van der Waals surface area contributed by atoms with Crippen molar-refractivity contribution < 1.29 is 18.0 Å². The second-order valence-electron chi connectivity index (χ2n) is 7.16. The Bertz CT molecular complexity index is 974. The monoisotopic (exact) mass is 391 g/mol. The second kappa shape index (κ2) is 6.96. The van der Waals surface area contributed by atoms with Crippen LogP contribution in [0.1, 0.15) is 30.3 Å². The van der Waals surface area contributed by atoms with Crippen molar-refractivity contribution in [1.29, 1.82) is 0 Å². The van der Waals surface area contributed by atoms with Gasteiger partial charge in [-0.05, 0) is 18.9 Å². The first-order chi connectivity index (χ1) is 13.3. The number of hydrogen-bond donors (Lipinski definition) is 0. The number of imidazole rings is 1. The third-order valence-corrected chi connectivity index (χ3v) is 5.10. The topological polar surface area (TPSA) is 56.0 Å². The SMILES string of the molecule is Cn1cc(C(F)(F)F)nc1C1CCCN(C(=O)Cn2cc3ccccc3n2)C1. The Morgan fingerprint density at radius 2 is 2.04 bits per heavy atom. The molecule has 0 bridgehead atoms. The summed E-state index contributed by atoms with van der Waals surface area (Å²) in [6.45, 7) is 1.06. The zero-order chi connectivity index (χ0) is 19.9. The lowest BCUT2D eigenvalue weighted by molar-refractivity contribution is -0.141. The fourth-order valence-electron chi connectivity index (χ4n) is 3.75. The maximum absolute atomic E-state index is 12.9. The van der Waals surface area contributed by atoms with Crippen LogP contribution in [0.5, 0.6) is 0 Å². The van der Waals surface area contributed by atoms with Crippen LogP contribution in [-0.2, 0) is 24.6 Å². The molecule has 148 valence electrons. The van der Waals surface area contributed by atoms with E-state index in [9.17, 15) is 18.0 Å². The average Bonchev–Trinajstić information content (AvgIpc) is 3.24. The smallest absolute Gasteiger partial charge is 0.340 e. The summed E-state index contributed by atoms with van der Waals surface area (Å²) in [6, 6.07) is 7.61. The number of halogens is 3. The van der Waals surface area contributed by atoms with Gasteiger partial charge in [-0.2, -0.15) is 18.3 Å². The van der Waals surface area contributed by atoms with Crippen molar-refractivity contribution in [1.82, 2.24) is 24.2 Å².